The summed E-state index contributed by atoms with van der Waals surface area (Å²) in [7, 11) is -2.47. The fourth-order valence-corrected chi connectivity index (χ4v) is 1.98. The monoisotopic (exact) mass is 255 g/mol. The molecule has 0 heterocycles. The second kappa shape index (κ2) is 5.60. The molecule has 0 saturated carbocycles. The summed E-state index contributed by atoms with van der Waals surface area (Å²) in [5, 5.41) is 5.06. The van der Waals surface area contributed by atoms with Gasteiger partial charge < -0.3 is 4.74 Å². The van der Waals surface area contributed by atoms with E-state index in [1.807, 2.05) is 0 Å². The second-order valence-electron chi connectivity index (χ2n) is 3.27. The Bertz CT molecular complexity index is 534. The number of methoxy groups -OCH3 is 1. The SMILES string of the molecule is COC(=O)CC=Cc1ccccc1S(N)(=O)=O. The first-order valence-corrected chi connectivity index (χ1v) is 6.35. The van der Waals surface area contributed by atoms with E-state index in [2.05, 4.69) is 4.74 Å². The predicted octanol–water partition coefficient (Wildman–Crippen LogP) is 0.910. The van der Waals surface area contributed by atoms with E-state index in [-0.39, 0.29) is 11.3 Å². The molecule has 92 valence electrons. The zero-order valence-corrected chi connectivity index (χ0v) is 10.1. The summed E-state index contributed by atoms with van der Waals surface area (Å²) >= 11 is 0. The van der Waals surface area contributed by atoms with Crippen molar-refractivity contribution >= 4 is 22.1 Å². The van der Waals surface area contributed by atoms with E-state index >= 15 is 0 Å². The number of rotatable bonds is 4. The maximum atomic E-state index is 11.3. The zero-order valence-electron chi connectivity index (χ0n) is 9.29. The van der Waals surface area contributed by atoms with Gasteiger partial charge in [0.2, 0.25) is 10.0 Å². The molecule has 6 heteroatoms. The molecular weight excluding hydrogens is 242 g/mol. The number of hydrogen-bond acceptors (Lipinski definition) is 4. The fraction of sp³-hybridized carbons (Fsp3) is 0.182. The molecule has 0 aromatic heterocycles. The average Bonchev–Trinajstić information content (AvgIpc) is 2.28. The molecule has 0 bridgehead atoms. The van der Waals surface area contributed by atoms with Gasteiger partial charge >= 0.3 is 5.97 Å². The Morgan fingerprint density at radius 3 is 2.65 bits per heavy atom. The Morgan fingerprint density at radius 2 is 2.06 bits per heavy atom. The summed E-state index contributed by atoms with van der Waals surface area (Å²) in [4.78, 5) is 10.9. The lowest BCUT2D eigenvalue weighted by Crippen LogP contribution is -2.13. The van der Waals surface area contributed by atoms with Crippen molar-refractivity contribution in [3.05, 3.63) is 35.9 Å². The van der Waals surface area contributed by atoms with Crippen LogP contribution in [0.4, 0.5) is 0 Å². The van der Waals surface area contributed by atoms with Crippen LogP contribution in [-0.4, -0.2) is 21.5 Å². The summed E-state index contributed by atoms with van der Waals surface area (Å²) in [5.74, 6) is -0.394. The van der Waals surface area contributed by atoms with Crippen LogP contribution in [0.5, 0.6) is 0 Å². The van der Waals surface area contributed by atoms with Crippen LogP contribution >= 0.6 is 0 Å². The molecule has 0 amide bonds. The minimum absolute atomic E-state index is 0.0288. The largest absolute Gasteiger partial charge is 0.469 e. The van der Waals surface area contributed by atoms with Gasteiger partial charge in [0.05, 0.1) is 18.4 Å². The number of carbonyl (C=O) groups is 1. The van der Waals surface area contributed by atoms with Crippen molar-refractivity contribution in [1.82, 2.24) is 0 Å². The van der Waals surface area contributed by atoms with E-state index in [1.54, 1.807) is 18.2 Å². The van der Waals surface area contributed by atoms with Gasteiger partial charge in [-0.05, 0) is 11.6 Å². The third-order valence-corrected chi connectivity index (χ3v) is 3.02. The van der Waals surface area contributed by atoms with Crippen molar-refractivity contribution in [1.29, 1.82) is 0 Å². The molecule has 1 aromatic carbocycles. The highest BCUT2D eigenvalue weighted by Gasteiger charge is 2.10. The smallest absolute Gasteiger partial charge is 0.309 e. The number of carbonyl (C=O) groups excluding carboxylic acids is 1. The number of hydrogen-bond donors (Lipinski definition) is 1. The van der Waals surface area contributed by atoms with Gasteiger partial charge in [0.15, 0.2) is 0 Å². The molecule has 0 aliphatic heterocycles. The summed E-state index contributed by atoms with van der Waals surface area (Å²) in [6, 6.07) is 6.28. The van der Waals surface area contributed by atoms with Gasteiger partial charge in [0.25, 0.3) is 0 Å². The minimum atomic E-state index is -3.76. The van der Waals surface area contributed by atoms with E-state index < -0.39 is 16.0 Å². The summed E-state index contributed by atoms with van der Waals surface area (Å²) in [6.07, 6.45) is 3.13. The van der Waals surface area contributed by atoms with Crippen molar-refractivity contribution in [3.8, 4) is 0 Å². The number of ether oxygens (including phenoxy) is 1. The summed E-state index contributed by atoms with van der Waals surface area (Å²) in [6.45, 7) is 0. The predicted molar refractivity (Wildman–Crippen MR) is 63.5 cm³/mol. The lowest BCUT2D eigenvalue weighted by Gasteiger charge is -2.02. The molecule has 5 nitrogen and oxygen atoms in total. The zero-order chi connectivity index (χ0) is 12.9. The molecule has 17 heavy (non-hydrogen) atoms. The maximum absolute atomic E-state index is 11.3. The van der Waals surface area contributed by atoms with Gasteiger partial charge in [-0.1, -0.05) is 30.4 Å². The number of benzene rings is 1. The summed E-state index contributed by atoms with van der Waals surface area (Å²) in [5.41, 5.74) is 0.443. The van der Waals surface area contributed by atoms with Gasteiger partial charge in [-0.25, -0.2) is 13.6 Å². The highest BCUT2D eigenvalue weighted by atomic mass is 32.2. The van der Waals surface area contributed by atoms with Gasteiger partial charge in [0.1, 0.15) is 0 Å². The van der Waals surface area contributed by atoms with Crippen LogP contribution < -0.4 is 5.14 Å². The van der Waals surface area contributed by atoms with Crippen LogP contribution in [0.2, 0.25) is 0 Å². The Morgan fingerprint density at radius 1 is 1.41 bits per heavy atom. The van der Waals surface area contributed by atoms with Crippen molar-refractivity contribution in [2.75, 3.05) is 7.11 Å². The number of sulfonamides is 1. The number of nitrogens with two attached hydrogens (primary N) is 1. The third-order valence-electron chi connectivity index (χ3n) is 2.04. The minimum Gasteiger partial charge on any atom is -0.469 e. The molecule has 0 fully saturated rings. The van der Waals surface area contributed by atoms with Crippen LogP contribution in [0, 0.1) is 0 Å². The quantitative estimate of drug-likeness (QED) is 0.810. The Labute approximate surface area is 99.9 Å². The van der Waals surface area contributed by atoms with Gasteiger partial charge in [-0.2, -0.15) is 0 Å². The molecule has 0 saturated heterocycles. The van der Waals surface area contributed by atoms with Crippen molar-refractivity contribution in [3.63, 3.8) is 0 Å². The van der Waals surface area contributed by atoms with Crippen LogP contribution in [0.15, 0.2) is 35.2 Å². The van der Waals surface area contributed by atoms with Crippen LogP contribution in [0.25, 0.3) is 6.08 Å². The first kappa shape index (κ1) is 13.4. The van der Waals surface area contributed by atoms with Crippen LogP contribution in [0.1, 0.15) is 12.0 Å². The average molecular weight is 255 g/mol. The fourth-order valence-electron chi connectivity index (χ4n) is 1.24. The normalized spacial score (nSPS) is 11.6. The van der Waals surface area contributed by atoms with Gasteiger partial charge in [-0.3, -0.25) is 4.79 Å². The molecule has 2 N–H and O–H groups in total. The second-order valence-corrected chi connectivity index (χ2v) is 4.80. The lowest BCUT2D eigenvalue weighted by atomic mass is 10.2. The number of esters is 1. The highest BCUT2D eigenvalue weighted by Crippen LogP contribution is 2.15. The lowest BCUT2D eigenvalue weighted by molar-refractivity contribution is -0.139. The van der Waals surface area contributed by atoms with Crippen molar-refractivity contribution in [2.24, 2.45) is 5.14 Å². The molecule has 0 spiro atoms. The van der Waals surface area contributed by atoms with E-state index in [9.17, 15) is 13.2 Å². The molecule has 0 unspecified atom stereocenters. The summed E-state index contributed by atoms with van der Waals surface area (Å²) < 4.78 is 27.0. The van der Waals surface area contributed by atoms with Crippen molar-refractivity contribution < 1.29 is 17.9 Å². The van der Waals surface area contributed by atoms with Gasteiger partial charge in [0, 0.05) is 0 Å². The standard InChI is InChI=1S/C11H13NO4S/c1-16-11(13)8-4-6-9-5-2-3-7-10(9)17(12,14)15/h2-7H,8H2,1H3,(H2,12,14,15). The van der Waals surface area contributed by atoms with E-state index in [1.165, 1.54) is 25.3 Å². The topological polar surface area (TPSA) is 86.5 Å². The molecule has 1 rings (SSSR count). The third kappa shape index (κ3) is 4.01. The van der Waals surface area contributed by atoms with Crippen molar-refractivity contribution in [2.45, 2.75) is 11.3 Å². The Hall–Kier alpha value is -1.66. The van der Waals surface area contributed by atoms with E-state index in [0.717, 1.165) is 0 Å². The first-order chi connectivity index (χ1) is 7.95. The van der Waals surface area contributed by atoms with Crippen LogP contribution in [0.3, 0.4) is 0 Å². The molecule has 0 radical (unpaired) electrons. The molecule has 0 aliphatic rings. The molecule has 0 aliphatic carbocycles. The maximum Gasteiger partial charge on any atom is 0.309 e. The Balaban J connectivity index is 2.96. The highest BCUT2D eigenvalue weighted by molar-refractivity contribution is 7.89. The van der Waals surface area contributed by atoms with Crippen LogP contribution in [-0.2, 0) is 19.6 Å². The molecule has 1 aromatic rings. The molecular formula is C11H13NO4S. The Kier molecular flexibility index (Phi) is 4.42. The van der Waals surface area contributed by atoms with E-state index in [4.69, 9.17) is 5.14 Å². The molecule has 0 atom stereocenters. The number of primary sulfonamides is 1. The van der Waals surface area contributed by atoms with E-state index in [0.29, 0.717) is 5.56 Å². The first-order valence-electron chi connectivity index (χ1n) is 4.80. The van der Waals surface area contributed by atoms with Gasteiger partial charge in [-0.15, -0.1) is 0 Å².